The number of nitrogens with zero attached hydrogens (tertiary/aromatic N) is 3. The van der Waals surface area contributed by atoms with Crippen LogP contribution in [0.15, 0.2) is 18.6 Å². The molecule has 0 saturated carbocycles. The lowest BCUT2D eigenvalue weighted by atomic mass is 10.2. The molecule has 1 rings (SSSR count). The molecule has 0 aliphatic heterocycles. The van der Waals surface area contributed by atoms with Crippen LogP contribution in [-0.2, 0) is 0 Å². The van der Waals surface area contributed by atoms with Gasteiger partial charge in [0.25, 0.3) is 0 Å². The zero-order valence-electron chi connectivity index (χ0n) is 8.69. The molecule has 0 spiro atoms. The van der Waals surface area contributed by atoms with E-state index in [0.717, 1.165) is 31.7 Å². The minimum absolute atomic E-state index is 0.787. The normalized spacial score (nSPS) is 10.1. The third-order valence-electron chi connectivity index (χ3n) is 2.14. The number of aromatic nitrogens is 2. The van der Waals surface area contributed by atoms with Gasteiger partial charge < -0.3 is 10.6 Å². The summed E-state index contributed by atoms with van der Waals surface area (Å²) in [5, 5.41) is 0. The molecule has 1 aromatic heterocycles. The topological polar surface area (TPSA) is 55.0 Å². The Morgan fingerprint density at radius 1 is 1.29 bits per heavy atom. The number of rotatable bonds is 6. The molecule has 4 nitrogen and oxygen atoms in total. The first kappa shape index (κ1) is 10.9. The van der Waals surface area contributed by atoms with Crippen LogP contribution in [0.5, 0.6) is 0 Å². The molecule has 0 bridgehead atoms. The second-order valence-corrected chi connectivity index (χ2v) is 3.33. The fourth-order valence-corrected chi connectivity index (χ4v) is 1.27. The van der Waals surface area contributed by atoms with E-state index in [-0.39, 0.29) is 0 Å². The van der Waals surface area contributed by atoms with Gasteiger partial charge in [0.05, 0.1) is 6.20 Å². The maximum absolute atomic E-state index is 5.42. The van der Waals surface area contributed by atoms with Crippen molar-refractivity contribution in [3.8, 4) is 0 Å². The van der Waals surface area contributed by atoms with Crippen LogP contribution in [-0.4, -0.2) is 30.1 Å². The summed E-state index contributed by atoms with van der Waals surface area (Å²) in [6.45, 7) is 1.80. The number of unbranched alkanes of at least 4 members (excludes halogenated alkanes) is 2. The van der Waals surface area contributed by atoms with Crippen molar-refractivity contribution in [3.05, 3.63) is 18.6 Å². The van der Waals surface area contributed by atoms with Gasteiger partial charge in [0.1, 0.15) is 5.82 Å². The van der Waals surface area contributed by atoms with Crippen molar-refractivity contribution in [2.45, 2.75) is 19.3 Å². The second-order valence-electron chi connectivity index (χ2n) is 3.33. The number of hydrogen-bond donors (Lipinski definition) is 1. The van der Waals surface area contributed by atoms with Gasteiger partial charge in [0.15, 0.2) is 0 Å². The van der Waals surface area contributed by atoms with E-state index in [1.807, 2.05) is 7.05 Å². The van der Waals surface area contributed by atoms with Crippen LogP contribution in [0.3, 0.4) is 0 Å². The first-order valence-electron chi connectivity index (χ1n) is 5.02. The van der Waals surface area contributed by atoms with E-state index in [1.165, 1.54) is 6.42 Å². The lowest BCUT2D eigenvalue weighted by Gasteiger charge is -2.16. The molecular formula is C10H18N4. The number of nitrogens with two attached hydrogens (primary N) is 1. The van der Waals surface area contributed by atoms with Crippen molar-refractivity contribution in [1.82, 2.24) is 9.97 Å². The third kappa shape index (κ3) is 3.70. The molecule has 0 saturated heterocycles. The van der Waals surface area contributed by atoms with Gasteiger partial charge in [-0.3, -0.25) is 4.98 Å². The maximum Gasteiger partial charge on any atom is 0.146 e. The van der Waals surface area contributed by atoms with Gasteiger partial charge in [-0.2, -0.15) is 0 Å². The fraction of sp³-hybridized carbons (Fsp3) is 0.600. The molecule has 0 radical (unpaired) electrons. The summed E-state index contributed by atoms with van der Waals surface area (Å²) in [5.74, 6) is 0.931. The Balaban J connectivity index is 2.25. The Morgan fingerprint density at radius 2 is 2.14 bits per heavy atom. The lowest BCUT2D eigenvalue weighted by molar-refractivity contribution is 0.675. The first-order chi connectivity index (χ1) is 6.84. The summed E-state index contributed by atoms with van der Waals surface area (Å²) in [5.41, 5.74) is 5.42. The van der Waals surface area contributed by atoms with Crippen LogP contribution in [0.25, 0.3) is 0 Å². The van der Waals surface area contributed by atoms with Crippen LogP contribution >= 0.6 is 0 Å². The van der Waals surface area contributed by atoms with Gasteiger partial charge >= 0.3 is 0 Å². The van der Waals surface area contributed by atoms with Gasteiger partial charge in [-0.05, 0) is 19.4 Å². The molecule has 0 amide bonds. The highest BCUT2D eigenvalue weighted by atomic mass is 15.2. The SMILES string of the molecule is CN(CCCCCN)c1cnccn1. The highest BCUT2D eigenvalue weighted by Crippen LogP contribution is 2.06. The Kier molecular flexibility index (Phi) is 4.93. The van der Waals surface area contributed by atoms with Crippen molar-refractivity contribution in [1.29, 1.82) is 0 Å². The maximum atomic E-state index is 5.42. The van der Waals surface area contributed by atoms with Gasteiger partial charge in [0.2, 0.25) is 0 Å². The van der Waals surface area contributed by atoms with Gasteiger partial charge in [0, 0.05) is 26.0 Å². The molecule has 14 heavy (non-hydrogen) atoms. The predicted octanol–water partition coefficient (Wildman–Crippen LogP) is 1.04. The second kappa shape index (κ2) is 6.32. The molecule has 1 heterocycles. The summed E-state index contributed by atoms with van der Waals surface area (Å²) in [6, 6.07) is 0. The van der Waals surface area contributed by atoms with Crippen LogP contribution in [0.1, 0.15) is 19.3 Å². The molecule has 78 valence electrons. The Labute approximate surface area is 85.2 Å². The van der Waals surface area contributed by atoms with E-state index in [4.69, 9.17) is 5.73 Å². The molecule has 2 N–H and O–H groups in total. The highest BCUT2D eigenvalue weighted by Gasteiger charge is 2.00. The van der Waals surface area contributed by atoms with Crippen molar-refractivity contribution in [3.63, 3.8) is 0 Å². The van der Waals surface area contributed by atoms with E-state index < -0.39 is 0 Å². The number of anilines is 1. The molecule has 4 heteroatoms. The molecular weight excluding hydrogens is 176 g/mol. The molecule has 1 aromatic rings. The summed E-state index contributed by atoms with van der Waals surface area (Å²) in [6.07, 6.45) is 8.63. The van der Waals surface area contributed by atoms with E-state index >= 15 is 0 Å². The molecule has 0 fully saturated rings. The zero-order chi connectivity index (χ0) is 10.2. The quantitative estimate of drug-likeness (QED) is 0.687. The molecule has 0 aliphatic rings. The summed E-state index contributed by atoms with van der Waals surface area (Å²) < 4.78 is 0. The molecule has 0 atom stereocenters. The van der Waals surface area contributed by atoms with Crippen LogP contribution in [0.2, 0.25) is 0 Å². The smallest absolute Gasteiger partial charge is 0.146 e. The van der Waals surface area contributed by atoms with Crippen molar-refractivity contribution in [2.24, 2.45) is 5.73 Å². The average Bonchev–Trinajstić information content (AvgIpc) is 2.25. The van der Waals surface area contributed by atoms with E-state index in [9.17, 15) is 0 Å². The van der Waals surface area contributed by atoms with Crippen LogP contribution in [0, 0.1) is 0 Å². The summed E-state index contributed by atoms with van der Waals surface area (Å²) >= 11 is 0. The van der Waals surface area contributed by atoms with E-state index in [1.54, 1.807) is 18.6 Å². The van der Waals surface area contributed by atoms with Crippen molar-refractivity contribution in [2.75, 3.05) is 25.0 Å². The number of hydrogen-bond acceptors (Lipinski definition) is 4. The van der Waals surface area contributed by atoms with Gasteiger partial charge in [-0.1, -0.05) is 6.42 Å². The average molecular weight is 194 g/mol. The lowest BCUT2D eigenvalue weighted by Crippen LogP contribution is -2.19. The van der Waals surface area contributed by atoms with Crippen molar-refractivity contribution < 1.29 is 0 Å². The predicted molar refractivity (Wildman–Crippen MR) is 58.2 cm³/mol. The Hall–Kier alpha value is -1.16. The Bertz CT molecular complexity index is 237. The largest absolute Gasteiger partial charge is 0.358 e. The highest BCUT2D eigenvalue weighted by molar-refractivity contribution is 5.33. The standard InChI is InChI=1S/C10H18N4/c1-14(8-4-2-3-5-11)10-9-12-6-7-13-10/h6-7,9H,2-5,8,11H2,1H3. The van der Waals surface area contributed by atoms with E-state index in [2.05, 4.69) is 14.9 Å². The van der Waals surface area contributed by atoms with Gasteiger partial charge in [-0.15, -0.1) is 0 Å². The van der Waals surface area contributed by atoms with E-state index in [0.29, 0.717) is 0 Å². The van der Waals surface area contributed by atoms with Crippen LogP contribution < -0.4 is 10.6 Å². The molecule has 0 aromatic carbocycles. The minimum Gasteiger partial charge on any atom is -0.358 e. The van der Waals surface area contributed by atoms with Gasteiger partial charge in [-0.25, -0.2) is 4.98 Å². The van der Waals surface area contributed by atoms with Crippen LogP contribution in [0.4, 0.5) is 5.82 Å². The summed E-state index contributed by atoms with van der Waals surface area (Å²) in [4.78, 5) is 10.4. The molecule has 0 unspecified atom stereocenters. The zero-order valence-corrected chi connectivity index (χ0v) is 8.69. The fourth-order valence-electron chi connectivity index (χ4n) is 1.27. The first-order valence-corrected chi connectivity index (χ1v) is 5.02. The minimum atomic E-state index is 0.787. The molecule has 0 aliphatic carbocycles. The third-order valence-corrected chi connectivity index (χ3v) is 2.14. The Morgan fingerprint density at radius 3 is 2.79 bits per heavy atom. The van der Waals surface area contributed by atoms with Crippen molar-refractivity contribution >= 4 is 5.82 Å². The monoisotopic (exact) mass is 194 g/mol. The summed E-state index contributed by atoms with van der Waals surface area (Å²) in [7, 11) is 2.03.